The molecule has 0 fully saturated rings. The van der Waals surface area contributed by atoms with Gasteiger partial charge in [0.05, 0.1) is 13.7 Å². The number of amides is 1. The largest absolute Gasteiger partial charge is 0.496 e. The van der Waals surface area contributed by atoms with Crippen LogP contribution in [0.4, 0.5) is 0 Å². The fourth-order valence-corrected chi connectivity index (χ4v) is 2.07. The number of aliphatic hydroxyl groups is 1. The highest BCUT2D eigenvalue weighted by molar-refractivity contribution is 6.08. The van der Waals surface area contributed by atoms with Crippen molar-refractivity contribution >= 4 is 22.6 Å². The number of hydrogen-bond donors (Lipinski definition) is 3. The second-order valence-electron chi connectivity index (χ2n) is 5.12. The van der Waals surface area contributed by atoms with Crippen LogP contribution in [0.1, 0.15) is 17.3 Å². The molecule has 1 atom stereocenters. The quantitative estimate of drug-likeness (QED) is 0.776. The second-order valence-corrected chi connectivity index (χ2v) is 5.12. The van der Waals surface area contributed by atoms with Crippen LogP contribution in [0, 0.1) is 0 Å². The van der Waals surface area contributed by atoms with Gasteiger partial charge in [-0.1, -0.05) is 24.3 Å². The molecule has 22 heavy (non-hydrogen) atoms. The Morgan fingerprint density at radius 2 is 1.82 bits per heavy atom. The first-order valence-electron chi connectivity index (χ1n) is 6.66. The Morgan fingerprint density at radius 3 is 2.41 bits per heavy atom. The molecule has 0 heterocycles. The van der Waals surface area contributed by atoms with E-state index in [4.69, 9.17) is 9.84 Å². The Kier molecular flexibility index (Phi) is 4.32. The van der Waals surface area contributed by atoms with Crippen molar-refractivity contribution in [3.05, 3.63) is 42.0 Å². The van der Waals surface area contributed by atoms with Crippen LogP contribution in [0.25, 0.3) is 10.8 Å². The summed E-state index contributed by atoms with van der Waals surface area (Å²) in [5.74, 6) is -1.21. The van der Waals surface area contributed by atoms with E-state index in [0.29, 0.717) is 16.7 Å². The third-order valence-corrected chi connectivity index (χ3v) is 3.40. The number of methoxy groups -OCH3 is 1. The molecule has 0 aliphatic carbocycles. The van der Waals surface area contributed by atoms with Gasteiger partial charge in [0.15, 0.2) is 5.60 Å². The lowest BCUT2D eigenvalue weighted by molar-refractivity contribution is -0.155. The van der Waals surface area contributed by atoms with E-state index < -0.39 is 17.5 Å². The Bertz CT molecular complexity index is 724. The lowest BCUT2D eigenvalue weighted by Gasteiger charge is -2.18. The summed E-state index contributed by atoms with van der Waals surface area (Å²) >= 11 is 0. The maximum Gasteiger partial charge on any atom is 0.337 e. The SMILES string of the molecule is COc1ccc(C(=O)NCC(C)(O)C(=O)O)c2ccccc12. The summed E-state index contributed by atoms with van der Waals surface area (Å²) in [6, 6.07) is 10.5. The molecule has 6 heteroatoms. The number of ether oxygens (including phenoxy) is 1. The minimum absolute atomic E-state index is 0.387. The van der Waals surface area contributed by atoms with Crippen molar-refractivity contribution in [3.63, 3.8) is 0 Å². The van der Waals surface area contributed by atoms with Gasteiger partial charge in [0, 0.05) is 10.9 Å². The summed E-state index contributed by atoms with van der Waals surface area (Å²) in [4.78, 5) is 23.1. The Labute approximate surface area is 127 Å². The van der Waals surface area contributed by atoms with E-state index in [9.17, 15) is 14.7 Å². The molecule has 0 aliphatic heterocycles. The molecular formula is C16H17NO5. The average molecular weight is 303 g/mol. The Morgan fingerprint density at radius 1 is 1.18 bits per heavy atom. The van der Waals surface area contributed by atoms with Crippen molar-refractivity contribution in [2.75, 3.05) is 13.7 Å². The first-order chi connectivity index (χ1) is 10.4. The molecule has 1 amide bonds. The lowest BCUT2D eigenvalue weighted by atomic mass is 10.0. The highest BCUT2D eigenvalue weighted by Gasteiger charge is 2.30. The van der Waals surface area contributed by atoms with Crippen LogP contribution in [-0.4, -0.2) is 41.3 Å². The Hall–Kier alpha value is -2.60. The van der Waals surface area contributed by atoms with Gasteiger partial charge in [0.25, 0.3) is 5.91 Å². The van der Waals surface area contributed by atoms with Gasteiger partial charge in [0.2, 0.25) is 0 Å². The van der Waals surface area contributed by atoms with E-state index in [1.807, 2.05) is 12.1 Å². The van der Waals surface area contributed by atoms with Crippen molar-refractivity contribution in [1.29, 1.82) is 0 Å². The van der Waals surface area contributed by atoms with Gasteiger partial charge < -0.3 is 20.3 Å². The molecule has 0 saturated heterocycles. The number of carboxylic acid groups (broad SMARTS) is 1. The van der Waals surface area contributed by atoms with Crippen LogP contribution < -0.4 is 10.1 Å². The molecule has 116 valence electrons. The number of rotatable bonds is 5. The summed E-state index contributed by atoms with van der Waals surface area (Å²) in [6.07, 6.45) is 0. The van der Waals surface area contributed by atoms with Crippen LogP contribution in [0.3, 0.4) is 0 Å². The fraction of sp³-hybridized carbons (Fsp3) is 0.250. The molecule has 1 unspecified atom stereocenters. The van der Waals surface area contributed by atoms with Crippen LogP contribution >= 0.6 is 0 Å². The highest BCUT2D eigenvalue weighted by atomic mass is 16.5. The predicted molar refractivity (Wildman–Crippen MR) is 81.1 cm³/mol. The third kappa shape index (κ3) is 3.01. The molecule has 3 N–H and O–H groups in total. The monoisotopic (exact) mass is 303 g/mol. The van der Waals surface area contributed by atoms with Gasteiger partial charge >= 0.3 is 5.97 Å². The van der Waals surface area contributed by atoms with E-state index in [1.54, 1.807) is 31.4 Å². The summed E-state index contributed by atoms with van der Waals surface area (Å²) in [7, 11) is 1.55. The number of fused-ring (bicyclic) bond motifs is 1. The molecule has 2 aromatic carbocycles. The standard InChI is InChI=1S/C16H17NO5/c1-16(21,15(19)20)9-17-14(18)12-7-8-13(22-2)11-6-4-3-5-10(11)12/h3-8,21H,9H2,1-2H3,(H,17,18)(H,19,20). The topological polar surface area (TPSA) is 95.9 Å². The third-order valence-electron chi connectivity index (χ3n) is 3.40. The summed E-state index contributed by atoms with van der Waals surface area (Å²) in [6.45, 7) is 0.739. The molecule has 0 saturated carbocycles. The van der Waals surface area contributed by atoms with E-state index in [0.717, 1.165) is 12.3 Å². The molecule has 0 radical (unpaired) electrons. The molecule has 0 spiro atoms. The van der Waals surface area contributed by atoms with Crippen LogP contribution in [0.15, 0.2) is 36.4 Å². The zero-order valence-electron chi connectivity index (χ0n) is 12.3. The highest BCUT2D eigenvalue weighted by Crippen LogP contribution is 2.28. The van der Waals surface area contributed by atoms with Crippen molar-refractivity contribution < 1.29 is 24.5 Å². The molecule has 0 aliphatic rings. The van der Waals surface area contributed by atoms with Crippen molar-refractivity contribution in [1.82, 2.24) is 5.32 Å². The van der Waals surface area contributed by atoms with Crippen molar-refractivity contribution in [2.24, 2.45) is 0 Å². The number of aliphatic carboxylic acids is 1. The zero-order chi connectivity index (χ0) is 16.3. The zero-order valence-corrected chi connectivity index (χ0v) is 12.3. The lowest BCUT2D eigenvalue weighted by Crippen LogP contribution is -2.46. The summed E-state index contributed by atoms with van der Waals surface area (Å²) in [5, 5.41) is 22.4. The van der Waals surface area contributed by atoms with Gasteiger partial charge in [-0.25, -0.2) is 4.79 Å². The maximum absolute atomic E-state index is 12.3. The molecule has 0 aromatic heterocycles. The summed E-state index contributed by atoms with van der Waals surface area (Å²) in [5.41, 5.74) is -1.63. The first-order valence-corrected chi connectivity index (χ1v) is 6.66. The predicted octanol–water partition coefficient (Wildman–Crippen LogP) is 1.41. The van der Waals surface area contributed by atoms with Gasteiger partial charge in [0.1, 0.15) is 5.75 Å². The normalized spacial score (nSPS) is 13.4. The van der Waals surface area contributed by atoms with E-state index in [-0.39, 0.29) is 6.54 Å². The first kappa shape index (κ1) is 15.8. The van der Waals surface area contributed by atoms with Crippen molar-refractivity contribution in [3.8, 4) is 5.75 Å². The number of carbonyl (C=O) groups is 2. The molecule has 6 nitrogen and oxygen atoms in total. The van der Waals surface area contributed by atoms with Crippen molar-refractivity contribution in [2.45, 2.75) is 12.5 Å². The molecular weight excluding hydrogens is 286 g/mol. The van der Waals surface area contributed by atoms with Crippen LogP contribution in [0.5, 0.6) is 5.75 Å². The van der Waals surface area contributed by atoms with E-state index in [1.165, 1.54) is 0 Å². The molecule has 2 rings (SSSR count). The molecule has 0 bridgehead atoms. The second kappa shape index (κ2) is 6.03. The average Bonchev–Trinajstić information content (AvgIpc) is 2.51. The smallest absolute Gasteiger partial charge is 0.337 e. The maximum atomic E-state index is 12.3. The Balaban J connectivity index is 2.31. The summed E-state index contributed by atoms with van der Waals surface area (Å²) < 4.78 is 5.26. The number of carboxylic acids is 1. The number of carbonyl (C=O) groups excluding carboxylic acids is 1. The van der Waals surface area contributed by atoms with Crippen LogP contribution in [-0.2, 0) is 4.79 Å². The van der Waals surface area contributed by atoms with Gasteiger partial charge in [-0.3, -0.25) is 4.79 Å². The fourth-order valence-electron chi connectivity index (χ4n) is 2.07. The van der Waals surface area contributed by atoms with Gasteiger partial charge in [-0.2, -0.15) is 0 Å². The number of benzene rings is 2. The van der Waals surface area contributed by atoms with Crippen LogP contribution in [0.2, 0.25) is 0 Å². The minimum atomic E-state index is -2.02. The minimum Gasteiger partial charge on any atom is -0.496 e. The molecule has 2 aromatic rings. The van der Waals surface area contributed by atoms with E-state index >= 15 is 0 Å². The van der Waals surface area contributed by atoms with Gasteiger partial charge in [-0.05, 0) is 24.4 Å². The van der Waals surface area contributed by atoms with E-state index in [2.05, 4.69) is 5.32 Å². The number of hydrogen-bond acceptors (Lipinski definition) is 4. The van der Waals surface area contributed by atoms with Gasteiger partial charge in [-0.15, -0.1) is 0 Å². The number of nitrogens with one attached hydrogen (secondary N) is 1.